The number of hydrogen-bond donors (Lipinski definition) is 0. The van der Waals surface area contributed by atoms with Gasteiger partial charge in [-0.2, -0.15) is 0 Å². The summed E-state index contributed by atoms with van der Waals surface area (Å²) in [6.07, 6.45) is 0. The van der Waals surface area contributed by atoms with Crippen molar-refractivity contribution >= 4 is 43.5 Å². The third kappa shape index (κ3) is 4.24. The number of hydrogen-bond acceptors (Lipinski definition) is 1. The molecule has 0 atom stereocenters. The van der Waals surface area contributed by atoms with Crippen LogP contribution in [0.1, 0.15) is 21.9 Å². The fraction of sp³-hybridized carbons (Fsp3) is 0. The number of furan rings is 1. The van der Waals surface area contributed by atoms with E-state index in [0.29, 0.717) is 43.8 Å². The van der Waals surface area contributed by atoms with Crippen LogP contribution in [-0.2, 0) is 0 Å². The second-order valence-corrected chi connectivity index (χ2v) is 10.4. The van der Waals surface area contributed by atoms with Gasteiger partial charge in [0.25, 0.3) is 0 Å². The Bertz CT molecular complexity index is 3360. The molecule has 1 heterocycles. The largest absolute Gasteiger partial charge is 0.456 e. The highest BCUT2D eigenvalue weighted by molar-refractivity contribution is 6.21. The van der Waals surface area contributed by atoms with E-state index in [1.807, 2.05) is 18.2 Å². The standard InChI is InChI=1S/C44H28O/c1-2-12-29(13-3-1)30-14-10-16-33(26-30)43-36-19-4-6-21-38(36)44(39-22-7-5-20-37(39)43)34-17-11-15-31(27-34)32-24-25-42-40(28-32)35-18-8-9-23-41(35)45-42/h1-28H/i1D,2D,3D,8D,9D,10D,12D,13D,14D,16D,18D,23D,24D,25D,26D,28D. The van der Waals surface area contributed by atoms with Gasteiger partial charge < -0.3 is 4.42 Å². The van der Waals surface area contributed by atoms with Crippen molar-refractivity contribution in [3.05, 3.63) is 169 Å². The molecule has 0 radical (unpaired) electrons. The van der Waals surface area contributed by atoms with Crippen molar-refractivity contribution in [2.45, 2.75) is 0 Å². The first-order valence-corrected chi connectivity index (χ1v) is 14.1. The summed E-state index contributed by atoms with van der Waals surface area (Å²) in [4.78, 5) is 0. The SMILES string of the molecule is [2H]c1c([2H])c([2H])c(-c2c([2H])c([2H])c([2H])c(-c3c4ccccc4c(-c4cccc(-c5c([2H])c([2H])c6oc7c([2H])c([2H])c([2H])c([2H])c7c6c5[2H])c4)c4ccccc34)c2[2H])c([2H])c1[2H]. The van der Waals surface area contributed by atoms with Gasteiger partial charge in [-0.05, 0) is 96.3 Å². The summed E-state index contributed by atoms with van der Waals surface area (Å²) in [5, 5.41) is 2.24. The first-order valence-electron chi connectivity index (χ1n) is 22.1. The van der Waals surface area contributed by atoms with E-state index in [1.165, 1.54) is 0 Å². The number of benzene rings is 8. The molecule has 0 N–H and O–H groups in total. The van der Waals surface area contributed by atoms with E-state index in [9.17, 15) is 2.74 Å². The van der Waals surface area contributed by atoms with Crippen molar-refractivity contribution in [3.63, 3.8) is 0 Å². The molecule has 1 nitrogen and oxygen atoms in total. The summed E-state index contributed by atoms with van der Waals surface area (Å²) >= 11 is 0. The van der Waals surface area contributed by atoms with Crippen LogP contribution in [0.25, 0.3) is 88.0 Å². The van der Waals surface area contributed by atoms with Gasteiger partial charge in [0.1, 0.15) is 11.2 Å². The average molecular weight is 589 g/mol. The Morgan fingerprint density at radius 1 is 0.356 bits per heavy atom. The Balaban J connectivity index is 1.34. The van der Waals surface area contributed by atoms with Gasteiger partial charge in [-0.3, -0.25) is 0 Å². The molecule has 210 valence electrons. The van der Waals surface area contributed by atoms with Crippen LogP contribution in [0.4, 0.5) is 0 Å². The van der Waals surface area contributed by atoms with Gasteiger partial charge in [-0.25, -0.2) is 0 Å². The van der Waals surface area contributed by atoms with Crippen LogP contribution in [0.2, 0.25) is 0 Å². The predicted octanol–water partition coefficient (Wildman–Crippen LogP) is 12.6. The van der Waals surface area contributed by atoms with E-state index in [4.69, 9.17) is 23.6 Å². The minimum Gasteiger partial charge on any atom is -0.456 e. The molecule has 0 aliphatic rings. The zero-order valence-corrected chi connectivity index (χ0v) is 23.3. The van der Waals surface area contributed by atoms with Crippen LogP contribution in [0.15, 0.2) is 174 Å². The molecule has 0 fully saturated rings. The van der Waals surface area contributed by atoms with Gasteiger partial charge in [0, 0.05) is 10.8 Å². The topological polar surface area (TPSA) is 13.1 Å². The minimum atomic E-state index is -0.666. The first-order chi connectivity index (χ1) is 29.0. The van der Waals surface area contributed by atoms with Crippen molar-refractivity contribution in [3.8, 4) is 44.5 Å². The van der Waals surface area contributed by atoms with Crippen molar-refractivity contribution in [2.75, 3.05) is 0 Å². The molecule has 1 aromatic heterocycles. The molecule has 45 heavy (non-hydrogen) atoms. The Labute approximate surface area is 284 Å². The lowest BCUT2D eigenvalue weighted by atomic mass is 9.85. The molecule has 0 saturated heterocycles. The second-order valence-electron chi connectivity index (χ2n) is 10.4. The average Bonchev–Trinajstić information content (AvgIpc) is 3.67. The van der Waals surface area contributed by atoms with E-state index in [0.717, 1.165) is 0 Å². The van der Waals surface area contributed by atoms with E-state index < -0.39 is 90.2 Å². The van der Waals surface area contributed by atoms with Gasteiger partial charge >= 0.3 is 0 Å². The molecule has 9 rings (SSSR count). The Morgan fingerprint density at radius 2 is 0.933 bits per heavy atom. The smallest absolute Gasteiger partial charge is 0.135 e. The maximum absolute atomic E-state index is 9.52. The minimum absolute atomic E-state index is 0.0171. The van der Waals surface area contributed by atoms with Crippen molar-refractivity contribution < 1.29 is 26.3 Å². The Kier molecular flexibility index (Phi) is 3.28. The normalized spacial score (nSPS) is 16.5. The summed E-state index contributed by atoms with van der Waals surface area (Å²) < 4.78 is 145. The summed E-state index contributed by atoms with van der Waals surface area (Å²) in [6.45, 7) is 0. The van der Waals surface area contributed by atoms with Crippen LogP contribution in [-0.4, -0.2) is 0 Å². The van der Waals surface area contributed by atoms with Gasteiger partial charge in [-0.1, -0.05) is 139 Å². The maximum Gasteiger partial charge on any atom is 0.135 e. The van der Waals surface area contributed by atoms with Gasteiger partial charge in [0.2, 0.25) is 0 Å². The summed E-state index contributed by atoms with van der Waals surface area (Å²) in [5.74, 6) is 0. The van der Waals surface area contributed by atoms with E-state index in [1.54, 1.807) is 54.6 Å². The monoisotopic (exact) mass is 588 g/mol. The van der Waals surface area contributed by atoms with E-state index in [2.05, 4.69) is 0 Å². The summed E-state index contributed by atoms with van der Waals surface area (Å²) in [7, 11) is 0. The van der Waals surface area contributed by atoms with Crippen LogP contribution >= 0.6 is 0 Å². The highest BCUT2D eigenvalue weighted by atomic mass is 16.3. The maximum atomic E-state index is 9.52. The predicted molar refractivity (Wildman–Crippen MR) is 190 cm³/mol. The number of para-hydroxylation sites is 1. The number of rotatable bonds is 4. The molecule has 1 heteroatoms. The third-order valence-electron chi connectivity index (χ3n) is 7.88. The second kappa shape index (κ2) is 10.4. The quantitative estimate of drug-likeness (QED) is 0.186. The summed E-state index contributed by atoms with van der Waals surface area (Å²) in [5.41, 5.74) is 0.768. The lowest BCUT2D eigenvalue weighted by Gasteiger charge is -2.18. The number of fused-ring (bicyclic) bond motifs is 5. The van der Waals surface area contributed by atoms with Crippen LogP contribution in [0.3, 0.4) is 0 Å². The Hall–Kier alpha value is -5.92. The van der Waals surface area contributed by atoms with E-state index >= 15 is 0 Å². The fourth-order valence-electron chi connectivity index (χ4n) is 5.96. The highest BCUT2D eigenvalue weighted by Gasteiger charge is 2.17. The molecule has 0 unspecified atom stereocenters. The van der Waals surface area contributed by atoms with Crippen molar-refractivity contribution in [1.29, 1.82) is 0 Å². The summed E-state index contributed by atoms with van der Waals surface area (Å²) in [6, 6.07) is 13.0. The van der Waals surface area contributed by atoms with E-state index in [-0.39, 0.29) is 50.7 Å². The van der Waals surface area contributed by atoms with Crippen molar-refractivity contribution in [1.82, 2.24) is 0 Å². The lowest BCUT2D eigenvalue weighted by Crippen LogP contribution is -1.91. The molecule has 0 bridgehead atoms. The molecule has 8 aromatic carbocycles. The van der Waals surface area contributed by atoms with Crippen LogP contribution < -0.4 is 0 Å². The third-order valence-corrected chi connectivity index (χ3v) is 7.88. The molecule has 0 aliphatic heterocycles. The molecule has 0 saturated carbocycles. The molecule has 0 spiro atoms. The first kappa shape index (κ1) is 14.2. The highest BCUT2D eigenvalue weighted by Crippen LogP contribution is 2.45. The zero-order valence-electron chi connectivity index (χ0n) is 39.3. The molecule has 0 amide bonds. The molecule has 9 aromatic rings. The zero-order chi connectivity index (χ0) is 43.7. The fourth-order valence-corrected chi connectivity index (χ4v) is 5.96. The van der Waals surface area contributed by atoms with Crippen LogP contribution in [0, 0.1) is 0 Å². The van der Waals surface area contributed by atoms with Gasteiger partial charge in [0.05, 0.1) is 21.9 Å². The molecular formula is C44H28O. The van der Waals surface area contributed by atoms with Crippen molar-refractivity contribution in [2.24, 2.45) is 0 Å². The van der Waals surface area contributed by atoms with Gasteiger partial charge in [0.15, 0.2) is 0 Å². The lowest BCUT2D eigenvalue weighted by molar-refractivity contribution is 0.669. The van der Waals surface area contributed by atoms with Crippen LogP contribution in [0.5, 0.6) is 0 Å². The molecular weight excluding hydrogens is 544 g/mol. The van der Waals surface area contributed by atoms with Gasteiger partial charge in [-0.15, -0.1) is 0 Å². The molecule has 0 aliphatic carbocycles. The Morgan fingerprint density at radius 3 is 1.69 bits per heavy atom.